The summed E-state index contributed by atoms with van der Waals surface area (Å²) < 4.78 is 0. The monoisotopic (exact) mass is 190 g/mol. The second kappa shape index (κ2) is 3.30. The van der Waals surface area contributed by atoms with Crippen molar-refractivity contribution in [1.82, 2.24) is 0 Å². The van der Waals surface area contributed by atoms with Gasteiger partial charge in [-0.3, -0.25) is 0 Å². The van der Waals surface area contributed by atoms with Gasteiger partial charge in [0.1, 0.15) is 5.75 Å². The number of fused-ring (bicyclic) bond motifs is 1. The maximum absolute atomic E-state index is 9.88. The standard InChI is InChI=1S/C13H18O/c1-8(2)10-6-12-9(3)4-5-11(12)13(14)7-10/h6-9,14H,4-5H2,1-3H3/t9-/m1/s1. The molecule has 1 N–H and O–H groups in total. The van der Waals surface area contributed by atoms with E-state index in [1.54, 1.807) is 0 Å². The number of phenols is 1. The van der Waals surface area contributed by atoms with E-state index in [9.17, 15) is 5.11 Å². The van der Waals surface area contributed by atoms with Crippen LogP contribution < -0.4 is 0 Å². The first kappa shape index (κ1) is 9.57. The van der Waals surface area contributed by atoms with Gasteiger partial charge < -0.3 is 5.11 Å². The molecule has 1 heteroatoms. The fourth-order valence-electron chi connectivity index (χ4n) is 2.26. The highest BCUT2D eigenvalue weighted by molar-refractivity contribution is 5.48. The van der Waals surface area contributed by atoms with Gasteiger partial charge in [-0.2, -0.15) is 0 Å². The Kier molecular flexibility index (Phi) is 2.26. The molecule has 2 rings (SSSR count). The minimum absolute atomic E-state index is 0.499. The predicted octanol–water partition coefficient (Wildman–Crippen LogP) is 3.57. The van der Waals surface area contributed by atoms with Crippen LogP contribution in [0.1, 0.15) is 55.7 Å². The van der Waals surface area contributed by atoms with E-state index in [0.29, 0.717) is 17.6 Å². The zero-order chi connectivity index (χ0) is 10.3. The third kappa shape index (κ3) is 1.41. The lowest BCUT2D eigenvalue weighted by Gasteiger charge is -2.12. The molecule has 14 heavy (non-hydrogen) atoms. The Balaban J connectivity index is 2.52. The first-order valence-electron chi connectivity index (χ1n) is 5.45. The first-order chi connectivity index (χ1) is 6.59. The largest absolute Gasteiger partial charge is 0.508 e. The van der Waals surface area contributed by atoms with Crippen LogP contribution in [0.2, 0.25) is 0 Å². The lowest BCUT2D eigenvalue weighted by Crippen LogP contribution is -1.93. The molecule has 1 atom stereocenters. The number of rotatable bonds is 1. The average Bonchev–Trinajstić information content (AvgIpc) is 2.48. The van der Waals surface area contributed by atoms with Gasteiger partial charge in [-0.1, -0.05) is 26.8 Å². The zero-order valence-corrected chi connectivity index (χ0v) is 9.17. The third-order valence-electron chi connectivity index (χ3n) is 3.31. The van der Waals surface area contributed by atoms with E-state index in [2.05, 4.69) is 26.8 Å². The minimum Gasteiger partial charge on any atom is -0.508 e. The molecule has 0 saturated heterocycles. The second-order valence-electron chi connectivity index (χ2n) is 4.70. The third-order valence-corrected chi connectivity index (χ3v) is 3.31. The van der Waals surface area contributed by atoms with Crippen LogP contribution >= 0.6 is 0 Å². The van der Waals surface area contributed by atoms with E-state index in [4.69, 9.17) is 0 Å². The van der Waals surface area contributed by atoms with E-state index >= 15 is 0 Å². The molecule has 1 aromatic rings. The normalized spacial score (nSPS) is 20.1. The summed E-state index contributed by atoms with van der Waals surface area (Å²) in [5, 5.41) is 9.88. The van der Waals surface area contributed by atoms with Gasteiger partial charge >= 0.3 is 0 Å². The smallest absolute Gasteiger partial charge is 0.119 e. The van der Waals surface area contributed by atoms with Gasteiger partial charge in [0.25, 0.3) is 0 Å². The van der Waals surface area contributed by atoms with Crippen LogP contribution in [0.4, 0.5) is 0 Å². The number of benzene rings is 1. The molecule has 1 aliphatic rings. The summed E-state index contributed by atoms with van der Waals surface area (Å²) in [5.41, 5.74) is 3.81. The molecule has 76 valence electrons. The van der Waals surface area contributed by atoms with Crippen LogP contribution in [0.25, 0.3) is 0 Å². The van der Waals surface area contributed by atoms with Gasteiger partial charge in [-0.05, 0) is 47.4 Å². The lowest BCUT2D eigenvalue weighted by molar-refractivity contribution is 0.468. The summed E-state index contributed by atoms with van der Waals surface area (Å²) in [6, 6.07) is 4.21. The molecule has 0 aliphatic heterocycles. The van der Waals surface area contributed by atoms with Crippen LogP contribution in [0.15, 0.2) is 12.1 Å². The summed E-state index contributed by atoms with van der Waals surface area (Å²) in [7, 11) is 0. The quantitative estimate of drug-likeness (QED) is 0.717. The van der Waals surface area contributed by atoms with Crippen LogP contribution in [0, 0.1) is 0 Å². The van der Waals surface area contributed by atoms with Crippen molar-refractivity contribution >= 4 is 0 Å². The molecule has 0 unspecified atom stereocenters. The molecule has 1 aliphatic carbocycles. The van der Waals surface area contributed by atoms with Crippen molar-refractivity contribution in [3.63, 3.8) is 0 Å². The van der Waals surface area contributed by atoms with E-state index in [-0.39, 0.29) is 0 Å². The SMILES string of the molecule is CC(C)c1cc(O)c2c(c1)[C@H](C)CC2. The number of hydrogen-bond donors (Lipinski definition) is 1. The lowest BCUT2D eigenvalue weighted by atomic mass is 9.95. The van der Waals surface area contributed by atoms with Crippen molar-refractivity contribution in [3.8, 4) is 5.75 Å². The number of aromatic hydroxyl groups is 1. The summed E-state index contributed by atoms with van der Waals surface area (Å²) in [6.07, 6.45) is 2.23. The number of hydrogen-bond acceptors (Lipinski definition) is 1. The van der Waals surface area contributed by atoms with E-state index < -0.39 is 0 Å². The molecular formula is C13H18O. The van der Waals surface area contributed by atoms with E-state index in [1.807, 2.05) is 6.07 Å². The Hall–Kier alpha value is -0.980. The summed E-state index contributed by atoms with van der Waals surface area (Å²) in [6.45, 7) is 6.58. The zero-order valence-electron chi connectivity index (χ0n) is 9.17. The molecule has 0 aromatic heterocycles. The van der Waals surface area contributed by atoms with Gasteiger partial charge in [-0.15, -0.1) is 0 Å². The molecule has 0 bridgehead atoms. The van der Waals surface area contributed by atoms with Crippen LogP contribution in [0.3, 0.4) is 0 Å². The maximum atomic E-state index is 9.88. The Labute approximate surface area is 85.8 Å². The predicted molar refractivity (Wildman–Crippen MR) is 58.9 cm³/mol. The highest BCUT2D eigenvalue weighted by Gasteiger charge is 2.22. The fourth-order valence-corrected chi connectivity index (χ4v) is 2.26. The molecule has 0 saturated carbocycles. The van der Waals surface area contributed by atoms with Crippen LogP contribution in [-0.4, -0.2) is 5.11 Å². The van der Waals surface area contributed by atoms with Crippen molar-refractivity contribution in [3.05, 3.63) is 28.8 Å². The highest BCUT2D eigenvalue weighted by atomic mass is 16.3. The second-order valence-corrected chi connectivity index (χ2v) is 4.70. The van der Waals surface area contributed by atoms with E-state index in [1.165, 1.54) is 23.1 Å². The van der Waals surface area contributed by atoms with Gasteiger partial charge in [0, 0.05) is 0 Å². The fraction of sp³-hybridized carbons (Fsp3) is 0.538. The van der Waals surface area contributed by atoms with Crippen LogP contribution in [0.5, 0.6) is 5.75 Å². The summed E-state index contributed by atoms with van der Waals surface area (Å²) >= 11 is 0. The number of phenolic OH excluding ortho intramolecular Hbond substituents is 1. The van der Waals surface area contributed by atoms with E-state index in [0.717, 1.165) is 6.42 Å². The molecule has 1 aromatic carbocycles. The molecule has 0 radical (unpaired) electrons. The summed E-state index contributed by atoms with van der Waals surface area (Å²) in [5.74, 6) is 1.63. The minimum atomic E-state index is 0.499. The van der Waals surface area contributed by atoms with Crippen molar-refractivity contribution in [1.29, 1.82) is 0 Å². The molecule has 0 amide bonds. The van der Waals surface area contributed by atoms with Crippen LogP contribution in [-0.2, 0) is 6.42 Å². The Bertz CT molecular complexity index is 352. The molecular weight excluding hydrogens is 172 g/mol. The molecule has 0 fully saturated rings. The maximum Gasteiger partial charge on any atom is 0.119 e. The average molecular weight is 190 g/mol. The Morgan fingerprint density at radius 3 is 2.71 bits per heavy atom. The summed E-state index contributed by atoms with van der Waals surface area (Å²) in [4.78, 5) is 0. The highest BCUT2D eigenvalue weighted by Crippen LogP contribution is 2.39. The van der Waals surface area contributed by atoms with Crippen molar-refractivity contribution < 1.29 is 5.11 Å². The molecule has 1 nitrogen and oxygen atoms in total. The Morgan fingerprint density at radius 1 is 1.36 bits per heavy atom. The first-order valence-corrected chi connectivity index (χ1v) is 5.45. The van der Waals surface area contributed by atoms with Crippen molar-refractivity contribution in [2.24, 2.45) is 0 Å². The van der Waals surface area contributed by atoms with Gasteiger partial charge in [0.2, 0.25) is 0 Å². The Morgan fingerprint density at radius 2 is 2.07 bits per heavy atom. The van der Waals surface area contributed by atoms with Gasteiger partial charge in [-0.25, -0.2) is 0 Å². The van der Waals surface area contributed by atoms with Crippen molar-refractivity contribution in [2.45, 2.75) is 45.4 Å². The van der Waals surface area contributed by atoms with Crippen molar-refractivity contribution in [2.75, 3.05) is 0 Å². The van der Waals surface area contributed by atoms with Gasteiger partial charge in [0.05, 0.1) is 0 Å². The topological polar surface area (TPSA) is 20.2 Å². The van der Waals surface area contributed by atoms with Gasteiger partial charge in [0.15, 0.2) is 0 Å². The molecule has 0 spiro atoms. The molecule has 0 heterocycles.